The first-order chi connectivity index (χ1) is 6.79. The van der Waals surface area contributed by atoms with Gasteiger partial charge in [-0.1, -0.05) is 15.9 Å². The lowest BCUT2D eigenvalue weighted by molar-refractivity contribution is -0.135. The molecule has 0 N–H and O–H groups in total. The van der Waals surface area contributed by atoms with E-state index in [1.807, 2.05) is 13.0 Å². The fourth-order valence-electron chi connectivity index (χ4n) is 1.22. The molecule has 1 aromatic heterocycles. The van der Waals surface area contributed by atoms with Gasteiger partial charge in [0.2, 0.25) is 0 Å². The molecule has 0 aliphatic heterocycles. The third kappa shape index (κ3) is 4.44. The van der Waals surface area contributed by atoms with Crippen molar-refractivity contribution in [2.24, 2.45) is 0 Å². The minimum Gasteiger partial charge on any atom is -0.171 e. The van der Waals surface area contributed by atoms with Crippen molar-refractivity contribution in [3.8, 4) is 0 Å². The SMILES string of the molecule is Cc1sc(Br)cc1C(Br)CCC(F)(F)F. The van der Waals surface area contributed by atoms with E-state index in [0.717, 1.165) is 14.2 Å². The largest absolute Gasteiger partial charge is 0.389 e. The van der Waals surface area contributed by atoms with Crippen molar-refractivity contribution in [1.82, 2.24) is 0 Å². The molecule has 0 aliphatic carbocycles. The van der Waals surface area contributed by atoms with Crippen LogP contribution in [0.2, 0.25) is 0 Å². The predicted molar refractivity (Wildman–Crippen MR) is 63.7 cm³/mol. The van der Waals surface area contributed by atoms with Crippen LogP contribution >= 0.6 is 43.2 Å². The molecule has 0 spiro atoms. The number of alkyl halides is 4. The zero-order valence-electron chi connectivity index (χ0n) is 7.87. The Morgan fingerprint density at radius 2 is 2.07 bits per heavy atom. The summed E-state index contributed by atoms with van der Waals surface area (Å²) in [6.07, 6.45) is -4.75. The average Bonchev–Trinajstić information content (AvgIpc) is 2.40. The monoisotopic (exact) mass is 364 g/mol. The minimum absolute atomic E-state index is 0.0769. The van der Waals surface area contributed by atoms with E-state index < -0.39 is 12.6 Å². The summed E-state index contributed by atoms with van der Waals surface area (Å²) < 4.78 is 37.0. The summed E-state index contributed by atoms with van der Waals surface area (Å²) >= 11 is 8.14. The van der Waals surface area contributed by atoms with Crippen LogP contribution in [-0.4, -0.2) is 6.18 Å². The molecule has 15 heavy (non-hydrogen) atoms. The average molecular weight is 366 g/mol. The first-order valence-electron chi connectivity index (χ1n) is 4.26. The molecule has 0 saturated carbocycles. The standard InChI is InChI=1S/C9H9Br2F3S/c1-5-6(4-8(11)15-5)7(10)2-3-9(12,13)14/h4,7H,2-3H2,1H3. The van der Waals surface area contributed by atoms with E-state index in [1.165, 1.54) is 11.3 Å². The summed E-state index contributed by atoms with van der Waals surface area (Å²) in [7, 11) is 0. The molecule has 1 atom stereocenters. The molecule has 1 unspecified atom stereocenters. The van der Waals surface area contributed by atoms with Crippen LogP contribution in [0.3, 0.4) is 0 Å². The van der Waals surface area contributed by atoms with E-state index in [0.29, 0.717) is 0 Å². The molecular formula is C9H9Br2F3S. The quantitative estimate of drug-likeness (QED) is 0.612. The molecule has 0 fully saturated rings. The van der Waals surface area contributed by atoms with Crippen LogP contribution in [0.15, 0.2) is 9.85 Å². The van der Waals surface area contributed by atoms with Gasteiger partial charge in [0, 0.05) is 16.1 Å². The number of rotatable bonds is 3. The lowest BCUT2D eigenvalue weighted by Crippen LogP contribution is -2.08. The summed E-state index contributed by atoms with van der Waals surface area (Å²) in [5.41, 5.74) is 0.941. The van der Waals surface area contributed by atoms with Crippen LogP contribution in [0, 0.1) is 6.92 Å². The van der Waals surface area contributed by atoms with Crippen molar-refractivity contribution in [3.05, 3.63) is 20.3 Å². The Bertz CT molecular complexity index is 333. The smallest absolute Gasteiger partial charge is 0.171 e. The second kappa shape index (κ2) is 5.19. The van der Waals surface area contributed by atoms with Crippen molar-refractivity contribution in [1.29, 1.82) is 0 Å². The van der Waals surface area contributed by atoms with E-state index in [2.05, 4.69) is 31.9 Å². The molecule has 6 heteroatoms. The maximum Gasteiger partial charge on any atom is 0.389 e. The van der Waals surface area contributed by atoms with Crippen LogP contribution < -0.4 is 0 Å². The summed E-state index contributed by atoms with van der Waals surface area (Å²) in [4.78, 5) is 0.826. The Balaban J connectivity index is 2.61. The molecule has 0 amide bonds. The van der Waals surface area contributed by atoms with Crippen molar-refractivity contribution in [3.63, 3.8) is 0 Å². The van der Waals surface area contributed by atoms with Crippen LogP contribution in [0.5, 0.6) is 0 Å². The zero-order valence-corrected chi connectivity index (χ0v) is 11.9. The molecule has 0 aromatic carbocycles. The van der Waals surface area contributed by atoms with Gasteiger partial charge in [0.15, 0.2) is 0 Å². The predicted octanol–water partition coefficient (Wildman–Crippen LogP) is 5.60. The minimum atomic E-state index is -4.08. The van der Waals surface area contributed by atoms with E-state index in [9.17, 15) is 13.2 Å². The fraction of sp³-hybridized carbons (Fsp3) is 0.556. The zero-order chi connectivity index (χ0) is 11.6. The van der Waals surface area contributed by atoms with E-state index >= 15 is 0 Å². The van der Waals surface area contributed by atoms with Gasteiger partial charge in [0.05, 0.1) is 3.79 Å². The highest BCUT2D eigenvalue weighted by Crippen LogP contribution is 2.38. The van der Waals surface area contributed by atoms with E-state index in [4.69, 9.17) is 0 Å². The second-order valence-electron chi connectivity index (χ2n) is 3.18. The van der Waals surface area contributed by atoms with Crippen LogP contribution in [0.25, 0.3) is 0 Å². The summed E-state index contributed by atoms with van der Waals surface area (Å²) in [6, 6.07) is 1.87. The van der Waals surface area contributed by atoms with Gasteiger partial charge in [0.1, 0.15) is 0 Å². The van der Waals surface area contributed by atoms with Gasteiger partial charge in [0.25, 0.3) is 0 Å². The molecule has 0 saturated heterocycles. The van der Waals surface area contributed by atoms with Gasteiger partial charge < -0.3 is 0 Å². The number of aryl methyl sites for hydroxylation is 1. The number of halogens is 5. The molecule has 1 heterocycles. The number of hydrogen-bond acceptors (Lipinski definition) is 1. The summed E-state index contributed by atoms with van der Waals surface area (Å²) in [5.74, 6) is 0. The molecular weight excluding hydrogens is 357 g/mol. The first-order valence-corrected chi connectivity index (χ1v) is 6.79. The molecule has 0 radical (unpaired) electrons. The van der Waals surface area contributed by atoms with Gasteiger partial charge in [-0.3, -0.25) is 0 Å². The fourth-order valence-corrected chi connectivity index (χ4v) is 3.84. The van der Waals surface area contributed by atoms with Gasteiger partial charge in [-0.25, -0.2) is 0 Å². The van der Waals surface area contributed by atoms with Gasteiger partial charge >= 0.3 is 6.18 Å². The Morgan fingerprint density at radius 3 is 2.47 bits per heavy atom. The van der Waals surface area contributed by atoms with Crippen LogP contribution in [0.4, 0.5) is 13.2 Å². The summed E-state index contributed by atoms with van der Waals surface area (Å²) in [5, 5.41) is 0. The molecule has 0 aliphatic rings. The van der Waals surface area contributed by atoms with Crippen molar-refractivity contribution in [2.75, 3.05) is 0 Å². The highest BCUT2D eigenvalue weighted by molar-refractivity contribution is 9.11. The van der Waals surface area contributed by atoms with Gasteiger partial charge in [-0.2, -0.15) is 13.2 Å². The maximum atomic E-state index is 12.0. The molecule has 0 bridgehead atoms. The van der Waals surface area contributed by atoms with Crippen LogP contribution in [-0.2, 0) is 0 Å². The summed E-state index contributed by atoms with van der Waals surface area (Å²) in [6.45, 7) is 1.91. The van der Waals surface area contributed by atoms with Crippen LogP contribution in [0.1, 0.15) is 28.1 Å². The van der Waals surface area contributed by atoms with E-state index in [1.54, 1.807) is 0 Å². The number of thiophene rings is 1. The van der Waals surface area contributed by atoms with Crippen molar-refractivity contribution < 1.29 is 13.2 Å². The molecule has 0 nitrogen and oxygen atoms in total. The normalized spacial score (nSPS) is 14.3. The Morgan fingerprint density at radius 1 is 1.47 bits per heavy atom. The molecule has 1 rings (SSSR count). The van der Waals surface area contributed by atoms with E-state index in [-0.39, 0.29) is 11.2 Å². The lowest BCUT2D eigenvalue weighted by atomic mass is 10.1. The van der Waals surface area contributed by atoms with Gasteiger partial charge in [-0.15, -0.1) is 11.3 Å². The topological polar surface area (TPSA) is 0 Å². The highest BCUT2D eigenvalue weighted by atomic mass is 79.9. The lowest BCUT2D eigenvalue weighted by Gasteiger charge is -2.11. The highest BCUT2D eigenvalue weighted by Gasteiger charge is 2.28. The third-order valence-corrected chi connectivity index (χ3v) is 4.47. The van der Waals surface area contributed by atoms with Crippen molar-refractivity contribution >= 4 is 43.2 Å². The maximum absolute atomic E-state index is 12.0. The van der Waals surface area contributed by atoms with Gasteiger partial charge in [-0.05, 0) is 40.9 Å². The Kier molecular flexibility index (Phi) is 4.67. The Labute approximate surface area is 107 Å². The Hall–Kier alpha value is 0.450. The molecule has 1 aromatic rings. The van der Waals surface area contributed by atoms with Crippen molar-refractivity contribution in [2.45, 2.75) is 30.8 Å². The first kappa shape index (κ1) is 13.5. The third-order valence-electron chi connectivity index (χ3n) is 1.94. The molecule has 86 valence electrons. The second-order valence-corrected chi connectivity index (χ2v) is 6.92. The number of hydrogen-bond donors (Lipinski definition) is 0.